The van der Waals surface area contributed by atoms with Crippen molar-refractivity contribution in [1.82, 2.24) is 14.5 Å². The summed E-state index contributed by atoms with van der Waals surface area (Å²) in [5, 5.41) is 3.12. The van der Waals surface area contributed by atoms with E-state index in [2.05, 4.69) is 38.0 Å². The molecule has 3 rings (SSSR count). The Morgan fingerprint density at radius 2 is 1.69 bits per heavy atom. The zero-order valence-electron chi connectivity index (χ0n) is 20.7. The molecular formula is C26H34F3N5O. The maximum absolute atomic E-state index is 13.4. The smallest absolute Gasteiger partial charge is 0.338 e. The number of fused-ring (bicyclic) bond motifs is 1. The molecule has 190 valence electrons. The molecule has 6 nitrogen and oxygen atoms in total. The average molecular weight is 490 g/mol. The molecule has 0 fully saturated rings. The van der Waals surface area contributed by atoms with Crippen LogP contribution in [0.1, 0.15) is 50.0 Å². The highest BCUT2D eigenvalue weighted by Gasteiger charge is 2.30. The van der Waals surface area contributed by atoms with Crippen LogP contribution in [0.5, 0.6) is 0 Å². The average Bonchev–Trinajstić information content (AvgIpc) is 3.11. The van der Waals surface area contributed by atoms with Crippen molar-refractivity contribution in [3.63, 3.8) is 0 Å². The van der Waals surface area contributed by atoms with Gasteiger partial charge in [-0.2, -0.15) is 13.2 Å². The van der Waals surface area contributed by atoms with Crippen molar-refractivity contribution in [1.29, 1.82) is 0 Å². The van der Waals surface area contributed by atoms with Crippen LogP contribution in [0.25, 0.3) is 11.0 Å². The van der Waals surface area contributed by atoms with Gasteiger partial charge in [0, 0.05) is 30.9 Å². The maximum atomic E-state index is 13.4. The third kappa shape index (κ3) is 6.75. The Morgan fingerprint density at radius 1 is 1.06 bits per heavy atom. The van der Waals surface area contributed by atoms with Crippen molar-refractivity contribution in [3.05, 3.63) is 53.6 Å². The highest BCUT2D eigenvalue weighted by atomic mass is 19.4. The van der Waals surface area contributed by atoms with Crippen LogP contribution in [0.15, 0.2) is 42.5 Å². The first-order chi connectivity index (χ1) is 16.5. The molecule has 3 aromatic rings. The van der Waals surface area contributed by atoms with Gasteiger partial charge < -0.3 is 20.5 Å². The molecule has 2 aromatic carbocycles. The summed E-state index contributed by atoms with van der Waals surface area (Å²) in [7, 11) is 0. The Labute approximate surface area is 204 Å². The van der Waals surface area contributed by atoms with E-state index in [9.17, 15) is 18.0 Å². The van der Waals surface area contributed by atoms with Crippen molar-refractivity contribution in [2.24, 2.45) is 17.6 Å². The quantitative estimate of drug-likeness (QED) is 0.372. The summed E-state index contributed by atoms with van der Waals surface area (Å²) in [5.74, 6) is 1.14. The van der Waals surface area contributed by atoms with Gasteiger partial charge >= 0.3 is 6.18 Å². The molecule has 35 heavy (non-hydrogen) atoms. The molecule has 0 unspecified atom stereocenters. The number of rotatable bonds is 10. The number of nitrogens with one attached hydrogen (secondary N) is 1. The van der Waals surface area contributed by atoms with Gasteiger partial charge in [0.2, 0.25) is 5.95 Å². The Balaban J connectivity index is 1.96. The number of anilines is 2. The van der Waals surface area contributed by atoms with Crippen LogP contribution in [0.2, 0.25) is 0 Å². The van der Waals surface area contributed by atoms with Gasteiger partial charge in [0.25, 0.3) is 5.91 Å². The van der Waals surface area contributed by atoms with Crippen LogP contribution in [-0.2, 0) is 12.7 Å². The molecule has 0 aliphatic carbocycles. The van der Waals surface area contributed by atoms with Crippen LogP contribution in [0, 0.1) is 11.8 Å². The maximum Gasteiger partial charge on any atom is 0.416 e. The summed E-state index contributed by atoms with van der Waals surface area (Å²) >= 11 is 0. The molecular weight excluding hydrogens is 455 g/mol. The normalized spacial score (nSPS) is 12.1. The fraction of sp³-hybridized carbons (Fsp3) is 0.462. The number of benzene rings is 2. The van der Waals surface area contributed by atoms with Crippen molar-refractivity contribution < 1.29 is 18.0 Å². The lowest BCUT2D eigenvalue weighted by Gasteiger charge is -2.26. The SMILES string of the molecule is CC(C)CN(CC(C)C)C(=O)c1ccc2nc(Nc3ccc(C(F)(F)F)cc3)n(CCCN)c2c1. The van der Waals surface area contributed by atoms with Gasteiger partial charge in [-0.1, -0.05) is 27.7 Å². The van der Waals surface area contributed by atoms with Crippen LogP contribution in [-0.4, -0.2) is 40.0 Å². The fourth-order valence-electron chi connectivity index (χ4n) is 4.00. The number of halogens is 3. The molecule has 0 saturated heterocycles. The van der Waals surface area contributed by atoms with Gasteiger partial charge in [-0.25, -0.2) is 4.98 Å². The minimum atomic E-state index is -4.39. The minimum absolute atomic E-state index is 0.0295. The van der Waals surface area contributed by atoms with E-state index in [1.807, 2.05) is 21.6 Å². The number of hydrogen-bond acceptors (Lipinski definition) is 4. The first-order valence-electron chi connectivity index (χ1n) is 11.9. The van der Waals surface area contributed by atoms with E-state index in [1.165, 1.54) is 12.1 Å². The van der Waals surface area contributed by atoms with Crippen LogP contribution in [0.3, 0.4) is 0 Å². The first kappa shape index (κ1) is 26.5. The molecule has 9 heteroatoms. The molecule has 0 bridgehead atoms. The van der Waals surface area contributed by atoms with E-state index in [4.69, 9.17) is 5.73 Å². The molecule has 0 aliphatic heterocycles. The van der Waals surface area contributed by atoms with E-state index in [1.54, 1.807) is 6.07 Å². The second-order valence-electron chi connectivity index (χ2n) is 9.63. The number of aromatic nitrogens is 2. The van der Waals surface area contributed by atoms with Gasteiger partial charge in [-0.15, -0.1) is 0 Å². The Hall–Kier alpha value is -3.07. The van der Waals surface area contributed by atoms with Crippen molar-refractivity contribution >= 4 is 28.6 Å². The van der Waals surface area contributed by atoms with E-state index in [0.717, 1.165) is 17.6 Å². The predicted molar refractivity (Wildman–Crippen MR) is 134 cm³/mol. The summed E-state index contributed by atoms with van der Waals surface area (Å²) in [6, 6.07) is 10.2. The Bertz CT molecular complexity index is 1130. The second-order valence-corrected chi connectivity index (χ2v) is 9.63. The lowest BCUT2D eigenvalue weighted by molar-refractivity contribution is -0.137. The number of carbonyl (C=O) groups is 1. The van der Waals surface area contributed by atoms with Gasteiger partial charge in [0.05, 0.1) is 16.6 Å². The minimum Gasteiger partial charge on any atom is -0.338 e. The predicted octanol–water partition coefficient (Wildman–Crippen LogP) is 5.90. The van der Waals surface area contributed by atoms with Crippen molar-refractivity contribution in [3.8, 4) is 0 Å². The molecule has 0 atom stereocenters. The van der Waals surface area contributed by atoms with Crippen molar-refractivity contribution in [2.75, 3.05) is 25.0 Å². The zero-order chi connectivity index (χ0) is 25.8. The van der Waals surface area contributed by atoms with E-state index in [-0.39, 0.29) is 5.91 Å². The number of alkyl halides is 3. The molecule has 0 radical (unpaired) electrons. The Kier molecular flexibility index (Phi) is 8.43. The molecule has 0 spiro atoms. The fourth-order valence-corrected chi connectivity index (χ4v) is 4.00. The number of hydrogen-bond donors (Lipinski definition) is 2. The van der Waals surface area contributed by atoms with Gasteiger partial charge in [0.1, 0.15) is 0 Å². The third-order valence-corrected chi connectivity index (χ3v) is 5.51. The summed E-state index contributed by atoms with van der Waals surface area (Å²) in [5.41, 5.74) is 7.55. The summed E-state index contributed by atoms with van der Waals surface area (Å²) in [4.78, 5) is 19.9. The van der Waals surface area contributed by atoms with E-state index >= 15 is 0 Å². The zero-order valence-corrected chi connectivity index (χ0v) is 20.7. The lowest BCUT2D eigenvalue weighted by atomic mass is 10.1. The molecule has 3 N–H and O–H groups in total. The number of aryl methyl sites for hydroxylation is 1. The van der Waals surface area contributed by atoms with Gasteiger partial charge in [-0.3, -0.25) is 4.79 Å². The molecule has 1 aromatic heterocycles. The summed E-state index contributed by atoms with van der Waals surface area (Å²) < 4.78 is 40.7. The Morgan fingerprint density at radius 3 is 2.23 bits per heavy atom. The lowest BCUT2D eigenvalue weighted by Crippen LogP contribution is -2.37. The largest absolute Gasteiger partial charge is 0.416 e. The van der Waals surface area contributed by atoms with Crippen LogP contribution >= 0.6 is 0 Å². The summed E-state index contributed by atoms with van der Waals surface area (Å²) in [6.07, 6.45) is -3.72. The number of nitrogens with zero attached hydrogens (tertiary/aromatic N) is 3. The second kappa shape index (κ2) is 11.1. The summed E-state index contributed by atoms with van der Waals surface area (Å²) in [6.45, 7) is 10.7. The monoisotopic (exact) mass is 489 g/mol. The number of imidazole rings is 1. The third-order valence-electron chi connectivity index (χ3n) is 5.51. The number of carbonyl (C=O) groups excluding carboxylic acids is 1. The molecule has 1 amide bonds. The molecule has 0 saturated carbocycles. The van der Waals surface area contributed by atoms with E-state index in [0.29, 0.717) is 67.2 Å². The van der Waals surface area contributed by atoms with Crippen LogP contribution in [0.4, 0.5) is 24.8 Å². The van der Waals surface area contributed by atoms with Crippen LogP contribution < -0.4 is 11.1 Å². The highest BCUT2D eigenvalue weighted by Crippen LogP contribution is 2.31. The first-order valence-corrected chi connectivity index (χ1v) is 11.9. The molecule has 1 heterocycles. The van der Waals surface area contributed by atoms with Crippen molar-refractivity contribution in [2.45, 2.75) is 46.8 Å². The van der Waals surface area contributed by atoms with Gasteiger partial charge in [0.15, 0.2) is 0 Å². The number of amides is 1. The number of nitrogens with two attached hydrogens (primary N) is 1. The standard InChI is InChI=1S/C26H34F3N5O/c1-17(2)15-33(16-18(3)4)24(35)19-6-11-22-23(14-19)34(13-5-12-30)25(32-22)31-21-9-7-20(8-10-21)26(27,28)29/h6-11,14,17-18H,5,12-13,15-16,30H2,1-4H3,(H,31,32). The topological polar surface area (TPSA) is 76.2 Å². The highest BCUT2D eigenvalue weighted by molar-refractivity contribution is 5.98. The van der Waals surface area contributed by atoms with Gasteiger partial charge in [-0.05, 0) is 67.3 Å². The van der Waals surface area contributed by atoms with E-state index < -0.39 is 11.7 Å². The molecule has 0 aliphatic rings.